The maximum atomic E-state index is 13.8. The van der Waals surface area contributed by atoms with Gasteiger partial charge in [-0.1, -0.05) is 13.0 Å². The van der Waals surface area contributed by atoms with Crippen molar-refractivity contribution in [2.45, 2.75) is 39.3 Å². The summed E-state index contributed by atoms with van der Waals surface area (Å²) in [6.45, 7) is 3.17. The Morgan fingerprint density at radius 3 is 2.74 bits per heavy atom. The summed E-state index contributed by atoms with van der Waals surface area (Å²) in [5.74, 6) is -0.396. The lowest BCUT2D eigenvalue weighted by Crippen LogP contribution is -2.36. The summed E-state index contributed by atoms with van der Waals surface area (Å²) in [7, 11) is 0. The van der Waals surface area contributed by atoms with Crippen molar-refractivity contribution in [3.8, 4) is 0 Å². The zero-order chi connectivity index (χ0) is 16.4. The molecular weight excluding hydrogens is 300 g/mol. The van der Waals surface area contributed by atoms with E-state index in [1.165, 1.54) is 18.2 Å². The molecule has 1 aliphatic rings. The van der Waals surface area contributed by atoms with Gasteiger partial charge in [-0.15, -0.1) is 0 Å². The molecule has 1 aromatic heterocycles. The Morgan fingerprint density at radius 2 is 2.04 bits per heavy atom. The number of nitrogens with one attached hydrogen (secondary N) is 1. The summed E-state index contributed by atoms with van der Waals surface area (Å²) in [5.41, 5.74) is 1.32. The maximum absolute atomic E-state index is 13.8. The number of aryl methyl sites for hydroxylation is 1. The van der Waals surface area contributed by atoms with Crippen molar-refractivity contribution in [1.29, 1.82) is 0 Å². The standard InChI is InChI=1S/C17H19F2N3O/c1-2-4-16-20-15-7-8-22(10-12(15)17(23)21-16)9-11-13(18)5-3-6-14(11)19/h3,5-6H,2,4,7-10H2,1H3,(H,20,21,23). The Bertz CT molecular complexity index is 753. The van der Waals surface area contributed by atoms with E-state index in [-0.39, 0.29) is 17.7 Å². The molecule has 0 bridgehead atoms. The van der Waals surface area contributed by atoms with Gasteiger partial charge >= 0.3 is 0 Å². The molecule has 23 heavy (non-hydrogen) atoms. The number of nitrogens with zero attached hydrogens (tertiary/aromatic N) is 2. The number of H-pyrrole nitrogens is 1. The number of benzene rings is 1. The van der Waals surface area contributed by atoms with E-state index in [2.05, 4.69) is 9.97 Å². The zero-order valence-corrected chi connectivity index (χ0v) is 13.0. The van der Waals surface area contributed by atoms with Gasteiger partial charge in [0.2, 0.25) is 0 Å². The highest BCUT2D eigenvalue weighted by molar-refractivity contribution is 5.23. The second-order valence-electron chi connectivity index (χ2n) is 5.85. The number of fused-ring (bicyclic) bond motifs is 1. The van der Waals surface area contributed by atoms with E-state index < -0.39 is 11.6 Å². The minimum Gasteiger partial charge on any atom is -0.310 e. The van der Waals surface area contributed by atoms with Gasteiger partial charge in [0.15, 0.2) is 0 Å². The lowest BCUT2D eigenvalue weighted by atomic mass is 10.1. The molecule has 1 aliphatic heterocycles. The third-order valence-electron chi connectivity index (χ3n) is 4.13. The van der Waals surface area contributed by atoms with Crippen molar-refractivity contribution in [2.75, 3.05) is 6.54 Å². The number of aromatic nitrogens is 2. The molecule has 0 fully saturated rings. The Morgan fingerprint density at radius 1 is 1.30 bits per heavy atom. The number of aromatic amines is 1. The highest BCUT2D eigenvalue weighted by Gasteiger charge is 2.22. The maximum Gasteiger partial charge on any atom is 0.255 e. The van der Waals surface area contributed by atoms with Crippen LogP contribution in [-0.4, -0.2) is 21.4 Å². The van der Waals surface area contributed by atoms with Gasteiger partial charge in [-0.25, -0.2) is 13.8 Å². The van der Waals surface area contributed by atoms with E-state index in [9.17, 15) is 13.6 Å². The van der Waals surface area contributed by atoms with Gasteiger partial charge in [0.1, 0.15) is 17.5 Å². The topological polar surface area (TPSA) is 49.0 Å². The van der Waals surface area contributed by atoms with Crippen molar-refractivity contribution in [3.05, 3.63) is 62.8 Å². The van der Waals surface area contributed by atoms with Gasteiger partial charge in [0.05, 0.1) is 11.3 Å². The van der Waals surface area contributed by atoms with Gasteiger partial charge < -0.3 is 4.98 Å². The SMILES string of the molecule is CCCc1nc2c(c(=O)[nH]1)CN(Cc1c(F)cccc1F)CC2. The second-order valence-corrected chi connectivity index (χ2v) is 5.85. The van der Waals surface area contributed by atoms with Crippen molar-refractivity contribution < 1.29 is 8.78 Å². The molecule has 3 rings (SSSR count). The van der Waals surface area contributed by atoms with Crippen LogP contribution in [0.15, 0.2) is 23.0 Å². The molecule has 4 nitrogen and oxygen atoms in total. The van der Waals surface area contributed by atoms with Crippen LogP contribution in [0, 0.1) is 11.6 Å². The summed E-state index contributed by atoms with van der Waals surface area (Å²) in [4.78, 5) is 21.4. The minimum atomic E-state index is -0.555. The van der Waals surface area contributed by atoms with Crippen molar-refractivity contribution in [2.24, 2.45) is 0 Å². The van der Waals surface area contributed by atoms with Crippen LogP contribution >= 0.6 is 0 Å². The molecule has 1 aromatic carbocycles. The lowest BCUT2D eigenvalue weighted by molar-refractivity contribution is 0.234. The van der Waals surface area contributed by atoms with E-state index in [1.54, 1.807) is 0 Å². The van der Waals surface area contributed by atoms with Crippen LogP contribution in [0.5, 0.6) is 0 Å². The summed E-state index contributed by atoms with van der Waals surface area (Å²) >= 11 is 0. The largest absolute Gasteiger partial charge is 0.310 e. The zero-order valence-electron chi connectivity index (χ0n) is 13.0. The van der Waals surface area contributed by atoms with E-state index in [0.717, 1.165) is 18.5 Å². The Balaban J connectivity index is 1.82. The molecule has 2 aromatic rings. The smallest absolute Gasteiger partial charge is 0.255 e. The van der Waals surface area contributed by atoms with Crippen molar-refractivity contribution >= 4 is 0 Å². The average Bonchev–Trinajstić information content (AvgIpc) is 2.52. The minimum absolute atomic E-state index is 0.0444. The monoisotopic (exact) mass is 319 g/mol. The van der Waals surface area contributed by atoms with E-state index in [4.69, 9.17) is 0 Å². The van der Waals surface area contributed by atoms with Crippen LogP contribution in [0.2, 0.25) is 0 Å². The van der Waals surface area contributed by atoms with Crippen LogP contribution in [0.3, 0.4) is 0 Å². The summed E-state index contributed by atoms with van der Waals surface area (Å²) in [5, 5.41) is 0. The molecule has 0 atom stereocenters. The highest BCUT2D eigenvalue weighted by atomic mass is 19.1. The number of rotatable bonds is 4. The number of hydrogen-bond donors (Lipinski definition) is 1. The second kappa shape index (κ2) is 6.58. The Labute approximate surface area is 133 Å². The van der Waals surface area contributed by atoms with Gasteiger partial charge in [-0.2, -0.15) is 0 Å². The van der Waals surface area contributed by atoms with Gasteiger partial charge in [-0.3, -0.25) is 9.69 Å². The van der Waals surface area contributed by atoms with Crippen LogP contribution in [0.25, 0.3) is 0 Å². The first-order valence-corrected chi connectivity index (χ1v) is 7.84. The molecule has 0 aliphatic carbocycles. The molecule has 122 valence electrons. The Hall–Kier alpha value is -2.08. The van der Waals surface area contributed by atoms with Gasteiger partial charge in [-0.05, 0) is 18.6 Å². The van der Waals surface area contributed by atoms with Crippen LogP contribution < -0.4 is 5.56 Å². The van der Waals surface area contributed by atoms with Crippen LogP contribution in [-0.2, 0) is 25.9 Å². The Kier molecular flexibility index (Phi) is 4.52. The van der Waals surface area contributed by atoms with E-state index in [1.807, 2.05) is 11.8 Å². The molecule has 6 heteroatoms. The van der Waals surface area contributed by atoms with Gasteiger partial charge in [0.25, 0.3) is 5.56 Å². The predicted molar refractivity (Wildman–Crippen MR) is 83.0 cm³/mol. The summed E-state index contributed by atoms with van der Waals surface area (Å²) in [6.07, 6.45) is 2.28. The third-order valence-corrected chi connectivity index (χ3v) is 4.13. The average molecular weight is 319 g/mol. The molecule has 1 N–H and O–H groups in total. The molecule has 0 unspecified atom stereocenters. The first-order chi connectivity index (χ1) is 11.1. The fourth-order valence-electron chi connectivity index (χ4n) is 2.93. The van der Waals surface area contributed by atoms with Crippen LogP contribution in [0.4, 0.5) is 8.78 Å². The molecule has 0 radical (unpaired) electrons. The van der Waals surface area contributed by atoms with Crippen molar-refractivity contribution in [1.82, 2.24) is 14.9 Å². The number of halogens is 2. The van der Waals surface area contributed by atoms with Crippen LogP contribution in [0.1, 0.15) is 36.0 Å². The fourth-order valence-corrected chi connectivity index (χ4v) is 2.93. The first-order valence-electron chi connectivity index (χ1n) is 7.84. The summed E-state index contributed by atoms with van der Waals surface area (Å²) in [6, 6.07) is 3.85. The van der Waals surface area contributed by atoms with E-state index >= 15 is 0 Å². The van der Waals surface area contributed by atoms with Crippen molar-refractivity contribution in [3.63, 3.8) is 0 Å². The molecule has 0 saturated carbocycles. The molecule has 0 saturated heterocycles. The van der Waals surface area contributed by atoms with Gasteiger partial charge in [0, 0.05) is 38.0 Å². The fraction of sp³-hybridized carbons (Fsp3) is 0.412. The quantitative estimate of drug-likeness (QED) is 0.942. The normalized spacial score (nSPS) is 14.7. The predicted octanol–water partition coefficient (Wildman–Crippen LogP) is 2.56. The number of hydrogen-bond acceptors (Lipinski definition) is 3. The third kappa shape index (κ3) is 3.32. The molecule has 0 amide bonds. The first kappa shape index (κ1) is 15.8. The summed E-state index contributed by atoms with van der Waals surface area (Å²) < 4.78 is 27.5. The molecular formula is C17H19F2N3O. The lowest BCUT2D eigenvalue weighted by Gasteiger charge is -2.28. The molecule has 2 heterocycles. The van der Waals surface area contributed by atoms with E-state index in [0.29, 0.717) is 30.9 Å². The molecule has 0 spiro atoms. The highest BCUT2D eigenvalue weighted by Crippen LogP contribution is 2.20.